The van der Waals surface area contributed by atoms with Gasteiger partial charge in [-0.05, 0) is 31.9 Å². The molecule has 0 saturated heterocycles. The van der Waals surface area contributed by atoms with Crippen LogP contribution >= 0.6 is 11.6 Å². The van der Waals surface area contributed by atoms with Crippen molar-refractivity contribution in [1.29, 1.82) is 0 Å². The van der Waals surface area contributed by atoms with Crippen molar-refractivity contribution in [3.8, 4) is 5.75 Å². The highest BCUT2D eigenvalue weighted by Crippen LogP contribution is 2.47. The number of hydrogen-bond donors (Lipinski definition) is 2. The summed E-state index contributed by atoms with van der Waals surface area (Å²) in [6.45, 7) is 1.44. The van der Waals surface area contributed by atoms with Gasteiger partial charge in [0.15, 0.2) is 5.69 Å². The third-order valence-electron chi connectivity index (χ3n) is 4.03. The molecule has 1 aliphatic carbocycles. The largest absolute Gasteiger partial charge is 0.506 e. The van der Waals surface area contributed by atoms with E-state index < -0.39 is 28.8 Å². The quantitative estimate of drug-likeness (QED) is 0.783. The van der Waals surface area contributed by atoms with Crippen LogP contribution in [0.15, 0.2) is 24.3 Å². The molecule has 2 N–H and O–H groups in total. The second-order valence-corrected chi connectivity index (χ2v) is 6.32. The SMILES string of the molecule is CC(C(=O)Nc1ccccc1O)n1nc(C(F)(F)F)c(Cl)c1C1CC1. The summed E-state index contributed by atoms with van der Waals surface area (Å²) in [5.74, 6) is -0.868. The van der Waals surface area contributed by atoms with Crippen LogP contribution in [0.2, 0.25) is 5.02 Å². The number of nitrogens with one attached hydrogen (secondary N) is 1. The second kappa shape index (κ2) is 6.25. The molecule has 1 aromatic carbocycles. The predicted molar refractivity (Wildman–Crippen MR) is 85.7 cm³/mol. The molecule has 2 aromatic rings. The highest BCUT2D eigenvalue weighted by Gasteiger charge is 2.43. The van der Waals surface area contributed by atoms with E-state index in [9.17, 15) is 23.1 Å². The number of halogens is 4. The number of alkyl halides is 3. The average Bonchev–Trinajstić information content (AvgIpc) is 3.30. The summed E-state index contributed by atoms with van der Waals surface area (Å²) in [4.78, 5) is 12.4. The number of nitrogens with zero attached hydrogens (tertiary/aromatic N) is 2. The van der Waals surface area contributed by atoms with Crippen molar-refractivity contribution < 1.29 is 23.1 Å². The molecule has 3 rings (SSSR count). The summed E-state index contributed by atoms with van der Waals surface area (Å²) in [6, 6.07) is 5.05. The van der Waals surface area contributed by atoms with Crippen molar-refractivity contribution in [2.45, 2.75) is 37.9 Å². The smallest absolute Gasteiger partial charge is 0.436 e. The van der Waals surface area contributed by atoms with Gasteiger partial charge >= 0.3 is 6.18 Å². The van der Waals surface area contributed by atoms with E-state index in [0.29, 0.717) is 12.8 Å². The third-order valence-corrected chi connectivity index (χ3v) is 4.40. The fraction of sp³-hybridized carbons (Fsp3) is 0.375. The van der Waals surface area contributed by atoms with Gasteiger partial charge < -0.3 is 10.4 Å². The number of rotatable bonds is 4. The molecule has 134 valence electrons. The normalized spacial score (nSPS) is 15.9. The zero-order valence-corrected chi connectivity index (χ0v) is 13.9. The fourth-order valence-electron chi connectivity index (χ4n) is 2.55. The molecule has 5 nitrogen and oxygen atoms in total. The first-order valence-corrected chi connectivity index (χ1v) is 8.02. The lowest BCUT2D eigenvalue weighted by Crippen LogP contribution is -2.26. The van der Waals surface area contributed by atoms with Gasteiger partial charge in [0.05, 0.1) is 16.4 Å². The first-order chi connectivity index (χ1) is 11.7. The van der Waals surface area contributed by atoms with Crippen LogP contribution < -0.4 is 5.32 Å². The predicted octanol–water partition coefficient (Wildman–Crippen LogP) is 4.34. The molecule has 1 unspecified atom stereocenters. The first kappa shape index (κ1) is 17.6. The maximum absolute atomic E-state index is 13.1. The van der Waals surface area contributed by atoms with Crippen LogP contribution in [-0.4, -0.2) is 20.8 Å². The Morgan fingerprint density at radius 2 is 2.04 bits per heavy atom. The van der Waals surface area contributed by atoms with E-state index in [-0.39, 0.29) is 23.0 Å². The number of phenolic OH excluding ortho intramolecular Hbond substituents is 1. The molecule has 1 fully saturated rings. The molecule has 1 amide bonds. The van der Waals surface area contributed by atoms with E-state index >= 15 is 0 Å². The number of carbonyl (C=O) groups excluding carboxylic acids is 1. The summed E-state index contributed by atoms with van der Waals surface area (Å²) in [6.07, 6.45) is -3.28. The minimum atomic E-state index is -4.69. The van der Waals surface area contributed by atoms with Gasteiger partial charge in [0.25, 0.3) is 0 Å². The van der Waals surface area contributed by atoms with Crippen LogP contribution in [0.25, 0.3) is 0 Å². The summed E-state index contributed by atoms with van der Waals surface area (Å²) >= 11 is 5.91. The highest BCUT2D eigenvalue weighted by atomic mass is 35.5. The Labute approximate surface area is 146 Å². The van der Waals surface area contributed by atoms with Gasteiger partial charge in [0.2, 0.25) is 5.91 Å². The first-order valence-electron chi connectivity index (χ1n) is 7.64. The molecule has 1 saturated carbocycles. The molecule has 1 heterocycles. The van der Waals surface area contributed by atoms with E-state index in [1.807, 2.05) is 0 Å². The second-order valence-electron chi connectivity index (χ2n) is 5.95. The van der Waals surface area contributed by atoms with Gasteiger partial charge in [-0.3, -0.25) is 9.48 Å². The van der Waals surface area contributed by atoms with Crippen molar-refractivity contribution >= 4 is 23.2 Å². The van der Waals surface area contributed by atoms with E-state index in [0.717, 1.165) is 4.68 Å². The third kappa shape index (κ3) is 3.44. The lowest BCUT2D eigenvalue weighted by molar-refractivity contribution is -0.141. The standard InChI is InChI=1S/C16H15ClF3N3O2/c1-8(15(25)21-10-4-2-3-5-11(10)24)23-13(9-6-7-9)12(17)14(22-23)16(18,19)20/h2-5,8-9,24H,6-7H2,1H3,(H,21,25). The monoisotopic (exact) mass is 373 g/mol. The van der Waals surface area contributed by atoms with Gasteiger partial charge in [0.1, 0.15) is 11.8 Å². The molecule has 0 spiro atoms. The molecule has 25 heavy (non-hydrogen) atoms. The Bertz CT molecular complexity index is 815. The van der Waals surface area contributed by atoms with E-state index in [1.165, 1.54) is 19.1 Å². The van der Waals surface area contributed by atoms with Crippen molar-refractivity contribution in [3.63, 3.8) is 0 Å². The number of benzene rings is 1. The maximum atomic E-state index is 13.1. The Morgan fingerprint density at radius 3 is 2.60 bits per heavy atom. The van der Waals surface area contributed by atoms with Crippen molar-refractivity contribution in [3.05, 3.63) is 40.7 Å². The Hall–Kier alpha value is -2.22. The molecule has 0 bridgehead atoms. The topological polar surface area (TPSA) is 67.2 Å². The fourth-order valence-corrected chi connectivity index (χ4v) is 2.94. The number of aromatic nitrogens is 2. The van der Waals surface area contributed by atoms with Crippen molar-refractivity contribution in [1.82, 2.24) is 9.78 Å². The van der Waals surface area contributed by atoms with Gasteiger partial charge in [-0.15, -0.1) is 0 Å². The average molecular weight is 374 g/mol. The number of anilines is 1. The number of aromatic hydroxyl groups is 1. The maximum Gasteiger partial charge on any atom is 0.436 e. The van der Waals surface area contributed by atoms with Crippen molar-refractivity contribution in [2.75, 3.05) is 5.32 Å². The van der Waals surface area contributed by atoms with Crippen LogP contribution in [0.3, 0.4) is 0 Å². The highest BCUT2D eigenvalue weighted by molar-refractivity contribution is 6.32. The number of para-hydroxylation sites is 2. The number of amides is 1. The Morgan fingerprint density at radius 1 is 1.40 bits per heavy atom. The lowest BCUT2D eigenvalue weighted by atomic mass is 10.2. The van der Waals surface area contributed by atoms with Crippen LogP contribution in [-0.2, 0) is 11.0 Å². The summed E-state index contributed by atoms with van der Waals surface area (Å²) in [7, 11) is 0. The summed E-state index contributed by atoms with van der Waals surface area (Å²) in [5.41, 5.74) is -0.783. The van der Waals surface area contributed by atoms with Gasteiger partial charge in [-0.2, -0.15) is 18.3 Å². The zero-order valence-electron chi connectivity index (χ0n) is 13.1. The zero-order chi connectivity index (χ0) is 18.4. The Balaban J connectivity index is 1.92. The molecule has 1 aromatic heterocycles. The molecule has 1 aliphatic rings. The van der Waals surface area contributed by atoms with Crippen LogP contribution in [0.4, 0.5) is 18.9 Å². The minimum absolute atomic E-state index is 0.128. The van der Waals surface area contributed by atoms with E-state index in [1.54, 1.807) is 12.1 Å². The van der Waals surface area contributed by atoms with Crippen LogP contribution in [0.1, 0.15) is 43.1 Å². The Kier molecular flexibility index (Phi) is 4.40. The molecule has 1 atom stereocenters. The number of phenols is 1. The van der Waals surface area contributed by atoms with Crippen LogP contribution in [0.5, 0.6) is 5.75 Å². The molecule has 0 radical (unpaired) electrons. The van der Waals surface area contributed by atoms with Gasteiger partial charge in [-0.25, -0.2) is 0 Å². The molecular formula is C16H15ClF3N3O2. The van der Waals surface area contributed by atoms with E-state index in [2.05, 4.69) is 10.4 Å². The van der Waals surface area contributed by atoms with E-state index in [4.69, 9.17) is 11.6 Å². The molecule has 0 aliphatic heterocycles. The number of carbonyl (C=O) groups is 1. The van der Waals surface area contributed by atoms with Crippen molar-refractivity contribution in [2.24, 2.45) is 0 Å². The molecular weight excluding hydrogens is 359 g/mol. The minimum Gasteiger partial charge on any atom is -0.506 e. The van der Waals surface area contributed by atoms with Gasteiger partial charge in [0, 0.05) is 5.92 Å². The lowest BCUT2D eigenvalue weighted by Gasteiger charge is -2.16. The van der Waals surface area contributed by atoms with Gasteiger partial charge in [-0.1, -0.05) is 23.7 Å². The summed E-state index contributed by atoms with van der Waals surface area (Å²) < 4.78 is 40.3. The van der Waals surface area contributed by atoms with Crippen LogP contribution in [0, 0.1) is 0 Å². The number of hydrogen-bond acceptors (Lipinski definition) is 3. The summed E-state index contributed by atoms with van der Waals surface area (Å²) in [5, 5.41) is 15.3. The molecule has 9 heteroatoms.